The van der Waals surface area contributed by atoms with Gasteiger partial charge in [0.1, 0.15) is 11.6 Å². The van der Waals surface area contributed by atoms with Crippen LogP contribution in [0.3, 0.4) is 0 Å². The number of hydrogen-bond donors (Lipinski definition) is 3. The second kappa shape index (κ2) is 5.42. The summed E-state index contributed by atoms with van der Waals surface area (Å²) in [6.07, 6.45) is 1.60. The van der Waals surface area contributed by atoms with E-state index in [1.165, 1.54) is 12.1 Å². The van der Waals surface area contributed by atoms with E-state index in [2.05, 4.69) is 20.7 Å². The lowest BCUT2D eigenvalue weighted by molar-refractivity contribution is 0.626. The highest BCUT2D eigenvalue weighted by molar-refractivity contribution is 5.41. The van der Waals surface area contributed by atoms with Crippen LogP contribution in [0.2, 0.25) is 0 Å². The molecule has 0 aliphatic heterocycles. The van der Waals surface area contributed by atoms with Crippen LogP contribution in [0, 0.1) is 5.82 Å². The first-order valence-electron chi connectivity index (χ1n) is 5.50. The van der Waals surface area contributed by atoms with Gasteiger partial charge in [0.2, 0.25) is 5.95 Å². The lowest BCUT2D eigenvalue weighted by Crippen LogP contribution is -2.13. The largest absolute Gasteiger partial charge is 0.363 e. The van der Waals surface area contributed by atoms with Crippen LogP contribution in [-0.2, 0) is 0 Å². The second-order valence-electron chi connectivity index (χ2n) is 3.83. The third-order valence-electron chi connectivity index (χ3n) is 2.52. The maximum absolute atomic E-state index is 12.8. The Morgan fingerprint density at radius 3 is 2.61 bits per heavy atom. The SMILES string of the molecule is CC(Nc1ccnc(NN)n1)c1ccc(F)cc1. The summed E-state index contributed by atoms with van der Waals surface area (Å²) < 4.78 is 12.8. The maximum atomic E-state index is 12.8. The molecule has 2 rings (SSSR count). The molecule has 0 spiro atoms. The summed E-state index contributed by atoms with van der Waals surface area (Å²) >= 11 is 0. The van der Waals surface area contributed by atoms with Gasteiger partial charge in [-0.25, -0.2) is 15.2 Å². The van der Waals surface area contributed by atoms with Crippen LogP contribution in [0.15, 0.2) is 36.5 Å². The van der Waals surface area contributed by atoms with Crippen LogP contribution < -0.4 is 16.6 Å². The number of nitrogen functional groups attached to an aromatic ring is 1. The third kappa shape index (κ3) is 2.92. The normalized spacial score (nSPS) is 11.9. The van der Waals surface area contributed by atoms with Crippen molar-refractivity contribution < 1.29 is 4.39 Å². The molecule has 5 nitrogen and oxygen atoms in total. The molecular formula is C12H14FN5. The predicted octanol–water partition coefficient (Wildman–Crippen LogP) is 2.07. The molecule has 1 aromatic heterocycles. The maximum Gasteiger partial charge on any atom is 0.239 e. The van der Waals surface area contributed by atoms with E-state index >= 15 is 0 Å². The Kier molecular flexibility index (Phi) is 3.69. The first-order valence-corrected chi connectivity index (χ1v) is 5.50. The summed E-state index contributed by atoms with van der Waals surface area (Å²) in [7, 11) is 0. The highest BCUT2D eigenvalue weighted by Gasteiger charge is 2.06. The van der Waals surface area contributed by atoms with Gasteiger partial charge in [0.25, 0.3) is 0 Å². The van der Waals surface area contributed by atoms with Crippen molar-refractivity contribution in [1.82, 2.24) is 9.97 Å². The third-order valence-corrected chi connectivity index (χ3v) is 2.52. The van der Waals surface area contributed by atoms with Crippen LogP contribution in [0.25, 0.3) is 0 Å². The Labute approximate surface area is 104 Å². The lowest BCUT2D eigenvalue weighted by atomic mass is 10.1. The number of nitrogens with one attached hydrogen (secondary N) is 2. The first-order chi connectivity index (χ1) is 8.69. The smallest absolute Gasteiger partial charge is 0.239 e. The van der Waals surface area contributed by atoms with E-state index in [9.17, 15) is 4.39 Å². The van der Waals surface area contributed by atoms with Gasteiger partial charge in [-0.15, -0.1) is 0 Å². The minimum absolute atomic E-state index is 0.00567. The highest BCUT2D eigenvalue weighted by Crippen LogP contribution is 2.18. The monoisotopic (exact) mass is 247 g/mol. The van der Waals surface area contributed by atoms with Crippen molar-refractivity contribution in [2.24, 2.45) is 5.84 Å². The summed E-state index contributed by atoms with van der Waals surface area (Å²) in [4.78, 5) is 8.05. The molecule has 0 aliphatic rings. The first kappa shape index (κ1) is 12.3. The Hall–Kier alpha value is -2.21. The van der Waals surface area contributed by atoms with Gasteiger partial charge in [-0.05, 0) is 30.7 Å². The molecule has 2 aromatic rings. The molecule has 0 saturated heterocycles. The van der Waals surface area contributed by atoms with Crippen LogP contribution >= 0.6 is 0 Å². The zero-order valence-electron chi connectivity index (χ0n) is 9.89. The average molecular weight is 247 g/mol. The molecule has 4 N–H and O–H groups in total. The molecular weight excluding hydrogens is 233 g/mol. The van der Waals surface area contributed by atoms with E-state index in [4.69, 9.17) is 5.84 Å². The van der Waals surface area contributed by atoms with E-state index in [0.717, 1.165) is 5.56 Å². The second-order valence-corrected chi connectivity index (χ2v) is 3.83. The molecule has 0 aliphatic carbocycles. The number of anilines is 2. The van der Waals surface area contributed by atoms with Gasteiger partial charge in [-0.1, -0.05) is 12.1 Å². The Morgan fingerprint density at radius 1 is 1.22 bits per heavy atom. The summed E-state index contributed by atoms with van der Waals surface area (Å²) in [6, 6.07) is 8.07. The Balaban J connectivity index is 2.10. The minimum atomic E-state index is -0.248. The number of benzene rings is 1. The number of nitrogens with zero attached hydrogens (tertiary/aromatic N) is 2. The van der Waals surface area contributed by atoms with Crippen LogP contribution in [0.4, 0.5) is 16.2 Å². The molecule has 0 amide bonds. The van der Waals surface area contributed by atoms with Gasteiger partial charge in [0.15, 0.2) is 0 Å². The van der Waals surface area contributed by atoms with Crippen molar-refractivity contribution in [3.8, 4) is 0 Å². The lowest BCUT2D eigenvalue weighted by Gasteiger charge is -2.15. The molecule has 6 heteroatoms. The van der Waals surface area contributed by atoms with E-state index in [1.807, 2.05) is 6.92 Å². The molecule has 1 atom stereocenters. The number of halogens is 1. The number of nitrogens with two attached hydrogens (primary N) is 1. The van der Waals surface area contributed by atoms with Gasteiger partial charge in [-0.2, -0.15) is 4.98 Å². The molecule has 0 radical (unpaired) electrons. The zero-order valence-corrected chi connectivity index (χ0v) is 9.89. The van der Waals surface area contributed by atoms with Gasteiger partial charge >= 0.3 is 0 Å². The fraction of sp³-hybridized carbons (Fsp3) is 0.167. The molecule has 0 fully saturated rings. The molecule has 18 heavy (non-hydrogen) atoms. The molecule has 1 unspecified atom stereocenters. The summed E-state index contributed by atoms with van der Waals surface area (Å²) in [5, 5.41) is 3.18. The van der Waals surface area contributed by atoms with Gasteiger partial charge < -0.3 is 5.32 Å². The molecule has 1 heterocycles. The van der Waals surface area contributed by atoms with Crippen LogP contribution in [0.5, 0.6) is 0 Å². The summed E-state index contributed by atoms with van der Waals surface area (Å²) in [6.45, 7) is 1.96. The average Bonchev–Trinajstić information content (AvgIpc) is 2.39. The van der Waals surface area contributed by atoms with Crippen LogP contribution in [-0.4, -0.2) is 9.97 Å². The summed E-state index contributed by atoms with van der Waals surface area (Å²) in [5.41, 5.74) is 3.35. The Bertz CT molecular complexity index is 514. The van der Waals surface area contributed by atoms with Crippen molar-refractivity contribution in [3.05, 3.63) is 47.9 Å². The van der Waals surface area contributed by atoms with Crippen molar-refractivity contribution in [2.75, 3.05) is 10.7 Å². The highest BCUT2D eigenvalue weighted by atomic mass is 19.1. The number of aromatic nitrogens is 2. The fourth-order valence-corrected chi connectivity index (χ4v) is 1.57. The van der Waals surface area contributed by atoms with E-state index < -0.39 is 0 Å². The predicted molar refractivity (Wildman–Crippen MR) is 68.3 cm³/mol. The van der Waals surface area contributed by atoms with Crippen molar-refractivity contribution >= 4 is 11.8 Å². The number of hydrazine groups is 1. The van der Waals surface area contributed by atoms with Crippen molar-refractivity contribution in [1.29, 1.82) is 0 Å². The molecule has 1 aromatic carbocycles. The topological polar surface area (TPSA) is 75.9 Å². The van der Waals surface area contributed by atoms with Crippen molar-refractivity contribution in [2.45, 2.75) is 13.0 Å². The van der Waals surface area contributed by atoms with Crippen molar-refractivity contribution in [3.63, 3.8) is 0 Å². The fourth-order valence-electron chi connectivity index (χ4n) is 1.57. The Morgan fingerprint density at radius 2 is 1.94 bits per heavy atom. The van der Waals surface area contributed by atoms with Gasteiger partial charge in [0, 0.05) is 12.2 Å². The zero-order chi connectivity index (χ0) is 13.0. The molecule has 94 valence electrons. The minimum Gasteiger partial charge on any atom is -0.363 e. The van der Waals surface area contributed by atoms with Gasteiger partial charge in [-0.3, -0.25) is 5.43 Å². The van der Waals surface area contributed by atoms with Crippen LogP contribution in [0.1, 0.15) is 18.5 Å². The molecule has 0 bridgehead atoms. The van der Waals surface area contributed by atoms with E-state index in [-0.39, 0.29) is 11.9 Å². The quantitative estimate of drug-likeness (QED) is 0.569. The standard InChI is InChI=1S/C12H14FN5/c1-8(9-2-4-10(13)5-3-9)16-11-6-7-15-12(17-11)18-14/h2-8H,14H2,1H3,(H2,15,16,17,18). The van der Waals surface area contributed by atoms with Gasteiger partial charge in [0.05, 0.1) is 0 Å². The molecule has 0 saturated carbocycles. The number of hydrogen-bond acceptors (Lipinski definition) is 5. The van der Waals surface area contributed by atoms with E-state index in [1.54, 1.807) is 24.4 Å². The van der Waals surface area contributed by atoms with E-state index in [0.29, 0.717) is 11.8 Å². The number of rotatable bonds is 4. The summed E-state index contributed by atoms with van der Waals surface area (Å²) in [5.74, 6) is 5.97.